The molecular formula is C25H24F4N4O2. The van der Waals surface area contributed by atoms with Gasteiger partial charge in [0, 0.05) is 16.2 Å². The monoisotopic (exact) mass is 488 g/mol. The molecule has 1 amide bonds. The van der Waals surface area contributed by atoms with Crippen LogP contribution in [0.4, 0.5) is 17.6 Å². The molecule has 1 aromatic carbocycles. The highest BCUT2D eigenvalue weighted by Gasteiger charge is 2.64. The highest BCUT2D eigenvalue weighted by atomic mass is 19.4. The number of benzene rings is 1. The van der Waals surface area contributed by atoms with Crippen LogP contribution in [0.25, 0.3) is 0 Å². The predicted octanol–water partition coefficient (Wildman–Crippen LogP) is 5.16. The van der Waals surface area contributed by atoms with Crippen molar-refractivity contribution >= 4 is 5.91 Å². The summed E-state index contributed by atoms with van der Waals surface area (Å²) in [7, 11) is 0. The van der Waals surface area contributed by atoms with Gasteiger partial charge in [0.15, 0.2) is 5.82 Å². The van der Waals surface area contributed by atoms with E-state index in [2.05, 4.69) is 26.0 Å². The minimum absolute atomic E-state index is 0.0403. The fourth-order valence-electron chi connectivity index (χ4n) is 6.98. The van der Waals surface area contributed by atoms with Gasteiger partial charge in [-0.15, -0.1) is 0 Å². The van der Waals surface area contributed by atoms with Crippen molar-refractivity contribution in [3.05, 3.63) is 47.1 Å². The summed E-state index contributed by atoms with van der Waals surface area (Å²) in [5.74, 6) is -0.975. The molecule has 6 saturated carbocycles. The second-order valence-electron chi connectivity index (χ2n) is 11.0. The fraction of sp³-hybridized carbons (Fsp3) is 0.600. The maximum atomic E-state index is 16.2. The van der Waals surface area contributed by atoms with Gasteiger partial charge in [0.05, 0.1) is 17.7 Å². The minimum atomic E-state index is -4.76. The molecule has 184 valence electrons. The number of carbonyl (C=O) groups excluding carboxylic acids is 1. The van der Waals surface area contributed by atoms with E-state index in [1.807, 2.05) is 0 Å². The molecule has 0 saturated heterocycles. The summed E-state index contributed by atoms with van der Waals surface area (Å²) in [6, 6.07) is 8.36. The summed E-state index contributed by atoms with van der Waals surface area (Å²) in [6.45, 7) is 0. The Hall–Kier alpha value is -2.96. The summed E-state index contributed by atoms with van der Waals surface area (Å²) in [5.41, 5.74) is -1.10. The maximum Gasteiger partial charge on any atom is 0.471 e. The molecule has 6 nitrogen and oxygen atoms in total. The van der Waals surface area contributed by atoms with Crippen molar-refractivity contribution in [3.63, 3.8) is 0 Å². The van der Waals surface area contributed by atoms with Gasteiger partial charge in [0.2, 0.25) is 5.91 Å². The second kappa shape index (κ2) is 7.28. The Morgan fingerprint density at radius 1 is 1.17 bits per heavy atom. The molecule has 1 aromatic heterocycles. The zero-order valence-corrected chi connectivity index (χ0v) is 18.9. The van der Waals surface area contributed by atoms with Crippen LogP contribution in [0.5, 0.6) is 0 Å². The van der Waals surface area contributed by atoms with Crippen LogP contribution in [-0.2, 0) is 16.4 Å². The number of alkyl halides is 4. The molecule has 6 aliphatic carbocycles. The zero-order chi connectivity index (χ0) is 24.6. The quantitative estimate of drug-likeness (QED) is 0.587. The molecule has 1 N–H and O–H groups in total. The number of nitrogens with one attached hydrogen (secondary N) is 1. The van der Waals surface area contributed by atoms with Gasteiger partial charge in [-0.3, -0.25) is 4.79 Å². The molecule has 35 heavy (non-hydrogen) atoms. The number of nitrogens with zero attached hydrogens (tertiary/aromatic N) is 3. The second-order valence-corrected chi connectivity index (χ2v) is 11.0. The number of rotatable bonds is 5. The summed E-state index contributed by atoms with van der Waals surface area (Å²) >= 11 is 0. The third-order valence-electron chi connectivity index (χ3n) is 9.19. The number of fused-ring (bicyclic) bond motifs is 3. The summed E-state index contributed by atoms with van der Waals surface area (Å²) in [5, 5.41) is 16.2. The van der Waals surface area contributed by atoms with Crippen molar-refractivity contribution in [1.82, 2.24) is 15.5 Å². The molecule has 0 radical (unpaired) electrons. The highest BCUT2D eigenvalue weighted by molar-refractivity contribution is 5.86. The Bertz CT molecular complexity index is 1210. The van der Waals surface area contributed by atoms with E-state index in [4.69, 9.17) is 0 Å². The first-order valence-corrected chi connectivity index (χ1v) is 12.0. The first-order valence-electron chi connectivity index (χ1n) is 12.0. The van der Waals surface area contributed by atoms with E-state index in [-0.39, 0.29) is 23.6 Å². The van der Waals surface area contributed by atoms with E-state index < -0.39 is 35.1 Å². The smallest absolute Gasteiger partial charge is 0.348 e. The normalized spacial score (nSPS) is 36.0. The van der Waals surface area contributed by atoms with Gasteiger partial charge >= 0.3 is 12.1 Å². The first-order chi connectivity index (χ1) is 16.6. The van der Waals surface area contributed by atoms with Crippen LogP contribution in [0, 0.1) is 28.1 Å². The average Bonchev–Trinajstić information content (AvgIpc) is 3.28. The van der Waals surface area contributed by atoms with Crippen molar-refractivity contribution in [1.29, 1.82) is 5.26 Å². The average molecular weight is 488 g/mol. The summed E-state index contributed by atoms with van der Waals surface area (Å²) in [6.07, 6.45) is -2.14. The van der Waals surface area contributed by atoms with Gasteiger partial charge in [0.25, 0.3) is 0 Å². The molecular weight excluding hydrogens is 464 g/mol. The third-order valence-corrected chi connectivity index (χ3v) is 9.19. The van der Waals surface area contributed by atoms with Gasteiger partial charge in [-0.25, -0.2) is 4.39 Å². The molecule has 2 aromatic rings. The Morgan fingerprint density at radius 2 is 1.89 bits per heavy atom. The topological polar surface area (TPSA) is 91.8 Å². The van der Waals surface area contributed by atoms with Crippen LogP contribution in [0.1, 0.15) is 80.3 Å². The number of hydrogen-bond acceptors (Lipinski definition) is 5. The number of halogens is 4. The number of nitriles is 1. The van der Waals surface area contributed by atoms with Gasteiger partial charge in [-0.05, 0) is 75.0 Å². The van der Waals surface area contributed by atoms with Crippen LogP contribution < -0.4 is 5.32 Å². The molecule has 1 heterocycles. The highest BCUT2D eigenvalue weighted by Crippen LogP contribution is 2.66. The standard InChI is InChI=1S/C25H24F4N4O2/c26-17-12-22(19-32-21(35-33-19)25(27,28)29)4-6-24(17,7-5-22)18(16-3-1-2-14(8-16)13-30)31-20(34)23-9-15(10-23)11-23/h1-3,8,15,17-18H,4-7,9-12H2,(H,31,34). The van der Waals surface area contributed by atoms with Crippen molar-refractivity contribution in [2.75, 3.05) is 0 Å². The molecule has 2 unspecified atom stereocenters. The minimum Gasteiger partial charge on any atom is -0.348 e. The number of hydrogen-bond donors (Lipinski definition) is 1. The van der Waals surface area contributed by atoms with Crippen molar-refractivity contribution in [3.8, 4) is 6.07 Å². The molecule has 8 rings (SSSR count). The van der Waals surface area contributed by atoms with Crippen LogP contribution in [0.2, 0.25) is 0 Å². The van der Waals surface area contributed by atoms with Crippen molar-refractivity contribution in [2.24, 2.45) is 16.7 Å². The maximum absolute atomic E-state index is 16.2. The molecule has 6 fully saturated rings. The molecule has 0 spiro atoms. The SMILES string of the molecule is N#Cc1cccc(C(NC(=O)C23CC(C2)C3)C23CCC(c4noc(C(F)(F)F)n4)(CC2)CC3F)c1. The van der Waals surface area contributed by atoms with Gasteiger partial charge < -0.3 is 9.84 Å². The van der Waals surface area contributed by atoms with Crippen LogP contribution >= 0.6 is 0 Å². The van der Waals surface area contributed by atoms with Crippen LogP contribution in [0.3, 0.4) is 0 Å². The lowest BCUT2D eigenvalue weighted by Gasteiger charge is -2.61. The van der Waals surface area contributed by atoms with Gasteiger partial charge in [-0.2, -0.15) is 23.4 Å². The van der Waals surface area contributed by atoms with E-state index in [1.165, 1.54) is 0 Å². The lowest BCUT2D eigenvalue weighted by Crippen LogP contribution is -2.63. The molecule has 4 bridgehead atoms. The van der Waals surface area contributed by atoms with Crippen LogP contribution in [0.15, 0.2) is 28.8 Å². The fourth-order valence-corrected chi connectivity index (χ4v) is 6.98. The largest absolute Gasteiger partial charge is 0.471 e. The zero-order valence-electron chi connectivity index (χ0n) is 18.9. The van der Waals surface area contributed by atoms with E-state index in [1.54, 1.807) is 24.3 Å². The predicted molar refractivity (Wildman–Crippen MR) is 113 cm³/mol. The number of aromatic nitrogens is 2. The molecule has 0 aliphatic heterocycles. The Morgan fingerprint density at radius 3 is 2.43 bits per heavy atom. The lowest BCUT2D eigenvalue weighted by atomic mass is 9.44. The van der Waals surface area contributed by atoms with Gasteiger partial charge in [-0.1, -0.05) is 17.3 Å². The van der Waals surface area contributed by atoms with E-state index in [0.717, 1.165) is 19.3 Å². The Balaban J connectivity index is 1.32. The lowest BCUT2D eigenvalue weighted by molar-refractivity contribution is -0.169. The van der Waals surface area contributed by atoms with Crippen LogP contribution in [-0.4, -0.2) is 22.2 Å². The number of carbonyl (C=O) groups is 1. The van der Waals surface area contributed by atoms with Gasteiger partial charge in [0.1, 0.15) is 6.17 Å². The van der Waals surface area contributed by atoms with E-state index in [9.17, 15) is 23.2 Å². The summed E-state index contributed by atoms with van der Waals surface area (Å²) < 4.78 is 59.7. The van der Waals surface area contributed by atoms with Crippen molar-refractivity contribution in [2.45, 2.75) is 75.2 Å². The molecule has 10 heteroatoms. The molecule has 2 atom stereocenters. The van der Waals surface area contributed by atoms with Crippen molar-refractivity contribution < 1.29 is 26.9 Å². The third kappa shape index (κ3) is 3.23. The van der Waals surface area contributed by atoms with E-state index in [0.29, 0.717) is 42.7 Å². The Labute approximate surface area is 199 Å². The Kier molecular flexibility index (Phi) is 4.68. The van der Waals surface area contributed by atoms with E-state index >= 15 is 4.39 Å². The number of amides is 1. The summed E-state index contributed by atoms with van der Waals surface area (Å²) in [4.78, 5) is 16.9. The molecule has 6 aliphatic rings. The first kappa shape index (κ1) is 22.5.